The summed E-state index contributed by atoms with van der Waals surface area (Å²) in [5.74, 6) is 1.48. The number of carbonyl (C=O) groups excluding carboxylic acids is 1. The Balaban J connectivity index is 1.57. The van der Waals surface area contributed by atoms with E-state index in [4.69, 9.17) is 9.47 Å². The van der Waals surface area contributed by atoms with Gasteiger partial charge >= 0.3 is 0 Å². The Morgan fingerprint density at radius 1 is 1.08 bits per heavy atom. The minimum Gasteiger partial charge on any atom is -0.486 e. The Bertz CT molecular complexity index is 837. The number of amides is 1. The van der Waals surface area contributed by atoms with Crippen molar-refractivity contribution in [2.45, 2.75) is 25.7 Å². The van der Waals surface area contributed by atoms with Gasteiger partial charge in [0.2, 0.25) is 5.91 Å². The molecule has 6 nitrogen and oxygen atoms in total. The Labute approximate surface area is 139 Å². The maximum atomic E-state index is 12.3. The summed E-state index contributed by atoms with van der Waals surface area (Å²) in [7, 11) is 0. The third-order valence-corrected chi connectivity index (χ3v) is 4.65. The molecule has 0 atom stereocenters. The standard InChI is InChI=1S/C18H20N2O4/c21-17(20-5-1-2-6-20)4-3-12-9-13-10-15-16(24-8-7-23-15)11-14(13)19-18(12)22/h9-11H,1-8H2,(H,19,22). The Kier molecular flexibility index (Phi) is 3.88. The Morgan fingerprint density at radius 2 is 1.79 bits per heavy atom. The van der Waals surface area contributed by atoms with Crippen LogP contribution >= 0.6 is 0 Å². The monoisotopic (exact) mass is 328 g/mol. The maximum absolute atomic E-state index is 12.3. The van der Waals surface area contributed by atoms with Gasteiger partial charge in [0.05, 0.1) is 5.52 Å². The number of pyridine rings is 1. The number of nitrogens with zero attached hydrogens (tertiary/aromatic N) is 1. The van der Waals surface area contributed by atoms with Crippen molar-refractivity contribution < 1.29 is 14.3 Å². The van der Waals surface area contributed by atoms with Crippen LogP contribution in [0.2, 0.25) is 0 Å². The van der Waals surface area contributed by atoms with Crippen LogP contribution < -0.4 is 15.0 Å². The molecule has 24 heavy (non-hydrogen) atoms. The van der Waals surface area contributed by atoms with Crippen LogP contribution in [0.15, 0.2) is 23.0 Å². The lowest BCUT2D eigenvalue weighted by Crippen LogP contribution is -2.28. The zero-order valence-corrected chi connectivity index (χ0v) is 13.5. The maximum Gasteiger partial charge on any atom is 0.251 e. The van der Waals surface area contributed by atoms with E-state index in [1.54, 1.807) is 6.07 Å². The van der Waals surface area contributed by atoms with Crippen molar-refractivity contribution in [3.63, 3.8) is 0 Å². The van der Waals surface area contributed by atoms with E-state index in [2.05, 4.69) is 4.98 Å². The highest BCUT2D eigenvalue weighted by atomic mass is 16.6. The van der Waals surface area contributed by atoms with Crippen molar-refractivity contribution in [2.24, 2.45) is 0 Å². The summed E-state index contributed by atoms with van der Waals surface area (Å²) in [6.07, 6.45) is 2.99. The van der Waals surface area contributed by atoms with Crippen molar-refractivity contribution in [1.82, 2.24) is 9.88 Å². The summed E-state index contributed by atoms with van der Waals surface area (Å²) in [6, 6.07) is 5.53. The van der Waals surface area contributed by atoms with E-state index in [9.17, 15) is 9.59 Å². The number of aromatic nitrogens is 1. The van der Waals surface area contributed by atoms with Crippen LogP contribution in [0.25, 0.3) is 10.9 Å². The van der Waals surface area contributed by atoms with Crippen LogP contribution in [0.5, 0.6) is 11.5 Å². The van der Waals surface area contributed by atoms with E-state index in [-0.39, 0.29) is 11.5 Å². The first kappa shape index (κ1) is 15.1. The third kappa shape index (κ3) is 2.84. The van der Waals surface area contributed by atoms with E-state index >= 15 is 0 Å². The van der Waals surface area contributed by atoms with Crippen LogP contribution in [0.4, 0.5) is 0 Å². The zero-order chi connectivity index (χ0) is 16.5. The molecule has 0 aliphatic carbocycles. The lowest BCUT2D eigenvalue weighted by molar-refractivity contribution is -0.130. The van der Waals surface area contributed by atoms with Gasteiger partial charge in [-0.05, 0) is 31.4 Å². The number of nitrogens with one attached hydrogen (secondary N) is 1. The van der Waals surface area contributed by atoms with Gasteiger partial charge in [-0.1, -0.05) is 0 Å². The van der Waals surface area contributed by atoms with Crippen molar-refractivity contribution in [3.8, 4) is 11.5 Å². The molecule has 1 saturated heterocycles. The molecule has 1 aromatic heterocycles. The highest BCUT2D eigenvalue weighted by Crippen LogP contribution is 2.33. The minimum absolute atomic E-state index is 0.133. The van der Waals surface area contributed by atoms with E-state index in [1.165, 1.54) is 0 Å². The first-order valence-electron chi connectivity index (χ1n) is 8.44. The molecule has 6 heteroatoms. The largest absolute Gasteiger partial charge is 0.486 e. The summed E-state index contributed by atoms with van der Waals surface area (Å²) >= 11 is 0. The minimum atomic E-state index is -0.145. The molecule has 1 amide bonds. The van der Waals surface area contributed by atoms with Crippen molar-refractivity contribution in [2.75, 3.05) is 26.3 Å². The quantitative estimate of drug-likeness (QED) is 0.933. The first-order chi connectivity index (χ1) is 11.7. The topological polar surface area (TPSA) is 71.6 Å². The molecule has 1 fully saturated rings. The normalized spacial score (nSPS) is 16.6. The van der Waals surface area contributed by atoms with Gasteiger partial charge in [-0.25, -0.2) is 0 Å². The highest BCUT2D eigenvalue weighted by molar-refractivity contribution is 5.83. The van der Waals surface area contributed by atoms with Gasteiger partial charge in [-0.2, -0.15) is 0 Å². The Morgan fingerprint density at radius 3 is 2.54 bits per heavy atom. The fraction of sp³-hybridized carbons (Fsp3) is 0.444. The molecular formula is C18H20N2O4. The number of benzene rings is 1. The van der Waals surface area contributed by atoms with Crippen LogP contribution in [0, 0.1) is 0 Å². The van der Waals surface area contributed by atoms with Crippen LogP contribution in [0.1, 0.15) is 24.8 Å². The molecule has 2 aliphatic heterocycles. The van der Waals surface area contributed by atoms with Crippen molar-refractivity contribution in [1.29, 1.82) is 0 Å². The average molecular weight is 328 g/mol. The molecule has 1 aromatic carbocycles. The number of aromatic amines is 1. The number of hydrogen-bond acceptors (Lipinski definition) is 4. The number of fused-ring (bicyclic) bond motifs is 2. The number of aryl methyl sites for hydroxylation is 1. The Hall–Kier alpha value is -2.50. The van der Waals surface area contributed by atoms with Crippen molar-refractivity contribution in [3.05, 3.63) is 34.1 Å². The molecule has 1 N–H and O–H groups in total. The first-order valence-corrected chi connectivity index (χ1v) is 8.44. The van der Waals surface area contributed by atoms with Gasteiger partial charge < -0.3 is 19.4 Å². The second-order valence-corrected chi connectivity index (χ2v) is 6.29. The van der Waals surface area contributed by atoms with E-state index in [1.807, 2.05) is 17.0 Å². The number of rotatable bonds is 3. The van der Waals surface area contributed by atoms with Gasteiger partial charge in [0, 0.05) is 36.5 Å². The third-order valence-electron chi connectivity index (χ3n) is 4.65. The van der Waals surface area contributed by atoms with Gasteiger partial charge in [0.25, 0.3) is 5.56 Å². The summed E-state index contributed by atoms with van der Waals surface area (Å²) in [6.45, 7) is 2.73. The molecule has 3 heterocycles. The molecule has 4 rings (SSSR count). The number of carbonyl (C=O) groups is 1. The molecule has 126 valence electrons. The number of H-pyrrole nitrogens is 1. The molecule has 0 unspecified atom stereocenters. The number of likely N-dealkylation sites (tertiary alicyclic amines) is 1. The van der Waals surface area contributed by atoms with Gasteiger partial charge in [-0.15, -0.1) is 0 Å². The van der Waals surface area contributed by atoms with Crippen LogP contribution in [0.3, 0.4) is 0 Å². The number of hydrogen-bond donors (Lipinski definition) is 1. The SMILES string of the molecule is O=C(CCc1cc2cc3c(cc2[nH]c1=O)OCCO3)N1CCCC1. The summed E-state index contributed by atoms with van der Waals surface area (Å²) < 4.78 is 11.1. The van der Waals surface area contributed by atoms with Crippen LogP contribution in [-0.4, -0.2) is 42.1 Å². The van der Waals surface area contributed by atoms with Gasteiger partial charge in [-0.3, -0.25) is 9.59 Å². The molecule has 0 spiro atoms. The fourth-order valence-electron chi connectivity index (χ4n) is 3.34. The molecule has 0 bridgehead atoms. The molecule has 0 radical (unpaired) electrons. The smallest absolute Gasteiger partial charge is 0.251 e. The summed E-state index contributed by atoms with van der Waals surface area (Å²) in [5, 5.41) is 0.891. The summed E-state index contributed by atoms with van der Waals surface area (Å²) in [4.78, 5) is 29.2. The van der Waals surface area contributed by atoms with Gasteiger partial charge in [0.15, 0.2) is 11.5 Å². The van der Waals surface area contributed by atoms with Crippen molar-refractivity contribution >= 4 is 16.8 Å². The highest BCUT2D eigenvalue weighted by Gasteiger charge is 2.18. The second-order valence-electron chi connectivity index (χ2n) is 6.29. The lowest BCUT2D eigenvalue weighted by atomic mass is 10.1. The summed E-state index contributed by atoms with van der Waals surface area (Å²) in [5.41, 5.74) is 1.21. The van der Waals surface area contributed by atoms with E-state index in [0.717, 1.165) is 36.8 Å². The molecule has 0 saturated carbocycles. The van der Waals surface area contributed by atoms with Crippen LogP contribution in [-0.2, 0) is 11.2 Å². The second kappa shape index (κ2) is 6.19. The fourth-order valence-corrected chi connectivity index (χ4v) is 3.34. The van der Waals surface area contributed by atoms with E-state index < -0.39 is 0 Å². The lowest BCUT2D eigenvalue weighted by Gasteiger charge is -2.19. The predicted octanol–water partition coefficient (Wildman–Crippen LogP) is 1.85. The molecule has 2 aliphatic rings. The molecule has 2 aromatic rings. The van der Waals surface area contributed by atoms with Gasteiger partial charge in [0.1, 0.15) is 13.2 Å². The zero-order valence-electron chi connectivity index (χ0n) is 13.5. The van der Waals surface area contributed by atoms with E-state index in [0.29, 0.717) is 43.1 Å². The molecular weight excluding hydrogens is 308 g/mol. The average Bonchev–Trinajstić information content (AvgIpc) is 3.12. The number of ether oxygens (including phenoxy) is 2. The predicted molar refractivity (Wildman–Crippen MR) is 89.7 cm³/mol.